The fourth-order valence-electron chi connectivity index (χ4n) is 3.81. The Morgan fingerprint density at radius 3 is 2.76 bits per heavy atom. The molecule has 0 aromatic heterocycles. The number of benzene rings is 1. The first kappa shape index (κ1) is 16.9. The van der Waals surface area contributed by atoms with Gasteiger partial charge in [-0.25, -0.2) is 0 Å². The van der Waals surface area contributed by atoms with E-state index in [1.165, 1.54) is 0 Å². The van der Waals surface area contributed by atoms with Crippen molar-refractivity contribution in [3.63, 3.8) is 0 Å². The molecular weight excluding hydrogens is 324 g/mol. The first-order valence-corrected chi connectivity index (χ1v) is 8.63. The van der Waals surface area contributed by atoms with E-state index >= 15 is 0 Å². The number of rotatable bonds is 4. The van der Waals surface area contributed by atoms with Crippen LogP contribution < -0.4 is 11.1 Å². The van der Waals surface area contributed by atoms with Crippen LogP contribution in [0.1, 0.15) is 19.4 Å². The number of fused-ring (bicyclic) bond motifs is 1. The fourth-order valence-corrected chi connectivity index (χ4v) is 3.81. The highest BCUT2D eigenvalue weighted by atomic mass is 16.8. The monoisotopic (exact) mass is 348 g/mol. The van der Waals surface area contributed by atoms with Gasteiger partial charge in [0.1, 0.15) is 18.4 Å². The third-order valence-corrected chi connectivity index (χ3v) is 5.04. The fraction of sp³-hybridized carbons (Fsp3) is 0.611. The van der Waals surface area contributed by atoms with Gasteiger partial charge in [-0.15, -0.1) is 0 Å². The Labute approximate surface area is 146 Å². The zero-order chi connectivity index (χ0) is 17.6. The molecule has 1 aromatic carbocycles. The van der Waals surface area contributed by atoms with Crippen molar-refractivity contribution in [3.8, 4) is 0 Å². The summed E-state index contributed by atoms with van der Waals surface area (Å²) in [7, 11) is 0. The van der Waals surface area contributed by atoms with E-state index in [-0.39, 0.29) is 30.1 Å². The zero-order valence-corrected chi connectivity index (χ0v) is 14.4. The molecule has 3 aliphatic heterocycles. The normalized spacial score (nSPS) is 39.4. The van der Waals surface area contributed by atoms with Crippen molar-refractivity contribution in [2.24, 2.45) is 11.7 Å². The minimum atomic E-state index is -0.652. The van der Waals surface area contributed by atoms with Crippen molar-refractivity contribution >= 4 is 5.91 Å². The number of ether oxygens (including phenoxy) is 4. The molecule has 3 heterocycles. The summed E-state index contributed by atoms with van der Waals surface area (Å²) in [5.74, 6) is -1.10. The Balaban J connectivity index is 1.52. The molecule has 25 heavy (non-hydrogen) atoms. The van der Waals surface area contributed by atoms with E-state index in [0.717, 1.165) is 5.56 Å². The Kier molecular flexibility index (Phi) is 4.29. The molecule has 3 saturated heterocycles. The van der Waals surface area contributed by atoms with E-state index in [0.29, 0.717) is 13.2 Å². The van der Waals surface area contributed by atoms with Crippen molar-refractivity contribution in [2.45, 2.75) is 56.8 Å². The Morgan fingerprint density at radius 1 is 1.32 bits per heavy atom. The van der Waals surface area contributed by atoms with Gasteiger partial charge in [-0.2, -0.15) is 0 Å². The number of nitrogens with two attached hydrogens (primary N) is 1. The molecule has 6 atom stereocenters. The Bertz CT molecular complexity index is 638. The molecule has 3 fully saturated rings. The summed E-state index contributed by atoms with van der Waals surface area (Å²) in [4.78, 5) is 11.9. The van der Waals surface area contributed by atoms with Crippen molar-refractivity contribution in [2.75, 3.05) is 6.61 Å². The molecule has 1 amide bonds. The van der Waals surface area contributed by atoms with Crippen LogP contribution in [-0.4, -0.2) is 48.9 Å². The third-order valence-electron chi connectivity index (χ3n) is 5.04. The molecular formula is C18H24N2O5. The van der Waals surface area contributed by atoms with Crippen LogP contribution in [-0.2, 0) is 30.3 Å². The van der Waals surface area contributed by atoms with E-state index in [2.05, 4.69) is 5.32 Å². The summed E-state index contributed by atoms with van der Waals surface area (Å²) in [6.07, 6.45) is -1.39. The summed E-state index contributed by atoms with van der Waals surface area (Å²) in [5.41, 5.74) is 7.15. The maximum atomic E-state index is 11.9. The van der Waals surface area contributed by atoms with Crippen molar-refractivity contribution in [1.82, 2.24) is 5.32 Å². The van der Waals surface area contributed by atoms with Crippen LogP contribution in [0.25, 0.3) is 0 Å². The van der Waals surface area contributed by atoms with E-state index in [4.69, 9.17) is 24.7 Å². The maximum absolute atomic E-state index is 11.9. The highest BCUT2D eigenvalue weighted by Gasteiger charge is 2.58. The van der Waals surface area contributed by atoms with Gasteiger partial charge in [0, 0.05) is 0 Å². The molecule has 0 saturated carbocycles. The maximum Gasteiger partial charge on any atom is 0.239 e. The second-order valence-corrected chi connectivity index (χ2v) is 7.26. The van der Waals surface area contributed by atoms with Crippen LogP contribution in [0.4, 0.5) is 0 Å². The molecule has 0 radical (unpaired) electrons. The lowest BCUT2D eigenvalue weighted by atomic mass is 9.93. The molecule has 2 unspecified atom stereocenters. The van der Waals surface area contributed by atoms with Crippen molar-refractivity contribution < 1.29 is 23.7 Å². The molecule has 7 nitrogen and oxygen atoms in total. The largest absolute Gasteiger partial charge is 0.370 e. The smallest absolute Gasteiger partial charge is 0.239 e. The first-order chi connectivity index (χ1) is 11.9. The van der Waals surface area contributed by atoms with Gasteiger partial charge in [-0.1, -0.05) is 30.3 Å². The SMILES string of the molecule is CC1(C)OCC([C@H]2O[C@@H]3NC(=O)C(N)[C@@H]3[C@H]2OCc2ccccc2)O1. The summed E-state index contributed by atoms with van der Waals surface area (Å²) in [6, 6.07) is 9.24. The highest BCUT2D eigenvalue weighted by molar-refractivity contribution is 5.84. The first-order valence-electron chi connectivity index (χ1n) is 8.63. The van der Waals surface area contributed by atoms with Crippen LogP contribution in [0, 0.1) is 5.92 Å². The molecule has 3 N–H and O–H groups in total. The summed E-state index contributed by atoms with van der Waals surface area (Å²) in [5, 5.41) is 2.81. The summed E-state index contributed by atoms with van der Waals surface area (Å²) >= 11 is 0. The van der Waals surface area contributed by atoms with Crippen LogP contribution >= 0.6 is 0 Å². The van der Waals surface area contributed by atoms with Crippen LogP contribution in [0.2, 0.25) is 0 Å². The molecule has 7 heteroatoms. The molecule has 0 aliphatic carbocycles. The lowest BCUT2D eigenvalue weighted by Crippen LogP contribution is -2.47. The number of carbonyl (C=O) groups excluding carboxylic acids is 1. The van der Waals surface area contributed by atoms with Gasteiger partial charge in [0.15, 0.2) is 5.79 Å². The van der Waals surface area contributed by atoms with Gasteiger partial charge >= 0.3 is 0 Å². The topological polar surface area (TPSA) is 92.0 Å². The minimum Gasteiger partial charge on any atom is -0.370 e. The van der Waals surface area contributed by atoms with Crippen molar-refractivity contribution in [1.29, 1.82) is 0 Å². The Morgan fingerprint density at radius 2 is 2.08 bits per heavy atom. The van der Waals surface area contributed by atoms with Gasteiger partial charge in [0.05, 0.1) is 31.3 Å². The zero-order valence-electron chi connectivity index (χ0n) is 14.4. The van der Waals surface area contributed by atoms with Crippen LogP contribution in [0.3, 0.4) is 0 Å². The predicted molar refractivity (Wildman–Crippen MR) is 88.2 cm³/mol. The van der Waals surface area contributed by atoms with Gasteiger partial charge in [-0.05, 0) is 19.4 Å². The van der Waals surface area contributed by atoms with Gasteiger partial charge < -0.3 is 30.0 Å². The average molecular weight is 348 g/mol. The predicted octanol–water partition coefficient (Wildman–Crippen LogP) is 0.522. The summed E-state index contributed by atoms with van der Waals surface area (Å²) in [6.45, 7) is 4.59. The number of nitrogens with one attached hydrogen (secondary N) is 1. The Hall–Kier alpha value is -1.51. The lowest BCUT2D eigenvalue weighted by molar-refractivity contribution is -0.167. The van der Waals surface area contributed by atoms with E-state index in [1.807, 2.05) is 44.2 Å². The minimum absolute atomic E-state index is 0.203. The number of hydrogen-bond acceptors (Lipinski definition) is 6. The highest BCUT2D eigenvalue weighted by Crippen LogP contribution is 2.39. The van der Waals surface area contributed by atoms with E-state index in [1.54, 1.807) is 0 Å². The van der Waals surface area contributed by atoms with E-state index in [9.17, 15) is 4.79 Å². The number of carbonyl (C=O) groups is 1. The van der Waals surface area contributed by atoms with Gasteiger partial charge in [0.2, 0.25) is 5.91 Å². The van der Waals surface area contributed by atoms with Crippen molar-refractivity contribution in [3.05, 3.63) is 35.9 Å². The second kappa shape index (κ2) is 6.34. The van der Waals surface area contributed by atoms with Crippen LogP contribution in [0.5, 0.6) is 0 Å². The molecule has 3 aliphatic rings. The molecule has 136 valence electrons. The number of amides is 1. The molecule has 0 bridgehead atoms. The molecule has 1 aromatic rings. The van der Waals surface area contributed by atoms with Gasteiger partial charge in [0.25, 0.3) is 0 Å². The third kappa shape index (κ3) is 3.18. The second-order valence-electron chi connectivity index (χ2n) is 7.26. The molecule has 4 rings (SSSR count). The lowest BCUT2D eigenvalue weighted by Gasteiger charge is -2.28. The standard InChI is InChI=1S/C18H24N2O5/c1-18(2)23-9-11(25-18)14-15(22-8-10-6-4-3-5-7-10)12-13(19)16(21)20-17(12)24-14/h3-7,11-15,17H,8-9,19H2,1-2H3,(H,20,21)/t11?,12-,13?,14-,15-,17+/m1/s1. The molecule has 0 spiro atoms. The summed E-state index contributed by atoms with van der Waals surface area (Å²) < 4.78 is 23.9. The number of hydrogen-bond donors (Lipinski definition) is 2. The van der Waals surface area contributed by atoms with Crippen LogP contribution in [0.15, 0.2) is 30.3 Å². The van der Waals surface area contributed by atoms with E-state index < -0.39 is 18.1 Å². The van der Waals surface area contributed by atoms with Gasteiger partial charge in [-0.3, -0.25) is 4.79 Å². The average Bonchev–Trinajstić information content (AvgIpc) is 3.20. The quantitative estimate of drug-likeness (QED) is 0.824.